The Balaban J connectivity index is 2.35. The van der Waals surface area contributed by atoms with Gasteiger partial charge in [0, 0.05) is 12.0 Å². The highest BCUT2D eigenvalue weighted by Crippen LogP contribution is 2.15. The number of ketones is 1. The predicted molar refractivity (Wildman–Crippen MR) is 47.8 cm³/mol. The van der Waals surface area contributed by atoms with E-state index in [1.54, 1.807) is 6.26 Å². The van der Waals surface area contributed by atoms with Crippen molar-refractivity contribution in [2.45, 2.75) is 39.0 Å². The molecule has 0 saturated heterocycles. The molecule has 0 aromatic heterocycles. The molecule has 0 N–H and O–H groups in total. The molecule has 1 aliphatic heterocycles. The summed E-state index contributed by atoms with van der Waals surface area (Å²) in [5.41, 5.74) is 0.884. The zero-order valence-electron chi connectivity index (χ0n) is 7.64. The third-order valence-electron chi connectivity index (χ3n) is 2.05. The van der Waals surface area contributed by atoms with Crippen LogP contribution in [-0.2, 0) is 9.53 Å². The number of allylic oxidation sites excluding steroid dienone is 1. The standard InChI is InChI=1S/C10H16O2/c1-2-3-6-10(11)9-5-4-7-12-8-9/h8H,2-7H2,1H3. The van der Waals surface area contributed by atoms with Crippen LogP contribution in [0, 0.1) is 0 Å². The van der Waals surface area contributed by atoms with Crippen molar-refractivity contribution < 1.29 is 9.53 Å². The van der Waals surface area contributed by atoms with Crippen LogP contribution in [0.15, 0.2) is 11.8 Å². The molecule has 0 unspecified atom stereocenters. The summed E-state index contributed by atoms with van der Waals surface area (Å²) in [4.78, 5) is 11.4. The Hall–Kier alpha value is -0.790. The van der Waals surface area contributed by atoms with Gasteiger partial charge in [-0.15, -0.1) is 0 Å². The molecule has 0 saturated carbocycles. The van der Waals surface area contributed by atoms with Gasteiger partial charge in [0.2, 0.25) is 0 Å². The van der Waals surface area contributed by atoms with Gasteiger partial charge in [-0.1, -0.05) is 13.3 Å². The molecule has 0 atom stereocenters. The quantitative estimate of drug-likeness (QED) is 0.644. The number of hydrogen-bond acceptors (Lipinski definition) is 2. The third-order valence-corrected chi connectivity index (χ3v) is 2.05. The molecule has 0 aromatic carbocycles. The van der Waals surface area contributed by atoms with E-state index in [2.05, 4.69) is 6.92 Å². The van der Waals surface area contributed by atoms with Gasteiger partial charge in [0.1, 0.15) is 0 Å². The minimum Gasteiger partial charge on any atom is -0.501 e. The predicted octanol–water partition coefficient (Wildman–Crippen LogP) is 2.44. The van der Waals surface area contributed by atoms with Crippen molar-refractivity contribution in [2.75, 3.05) is 6.61 Å². The minimum absolute atomic E-state index is 0.275. The number of rotatable bonds is 4. The Morgan fingerprint density at radius 2 is 2.50 bits per heavy atom. The maximum absolute atomic E-state index is 11.4. The lowest BCUT2D eigenvalue weighted by atomic mass is 10.0. The number of unbranched alkanes of at least 4 members (excludes halogenated alkanes) is 1. The van der Waals surface area contributed by atoms with Crippen LogP contribution in [0.2, 0.25) is 0 Å². The maximum Gasteiger partial charge on any atom is 0.161 e. The second-order valence-corrected chi connectivity index (χ2v) is 3.14. The van der Waals surface area contributed by atoms with Crippen LogP contribution in [0.3, 0.4) is 0 Å². The first-order valence-electron chi connectivity index (χ1n) is 4.68. The number of Topliss-reactive ketones (excluding diaryl/α,β-unsaturated/α-hetero) is 1. The SMILES string of the molecule is CCCCC(=O)C1=COCCC1. The average Bonchev–Trinajstić information content (AvgIpc) is 2.15. The van der Waals surface area contributed by atoms with Gasteiger partial charge in [-0.3, -0.25) is 4.79 Å². The molecule has 2 heteroatoms. The van der Waals surface area contributed by atoms with Gasteiger partial charge in [0.05, 0.1) is 12.9 Å². The molecule has 2 nitrogen and oxygen atoms in total. The van der Waals surface area contributed by atoms with Crippen molar-refractivity contribution in [2.24, 2.45) is 0 Å². The van der Waals surface area contributed by atoms with Crippen LogP contribution >= 0.6 is 0 Å². The largest absolute Gasteiger partial charge is 0.501 e. The average molecular weight is 168 g/mol. The van der Waals surface area contributed by atoms with Gasteiger partial charge in [-0.25, -0.2) is 0 Å². The topological polar surface area (TPSA) is 26.3 Å². The molecule has 0 spiro atoms. The van der Waals surface area contributed by atoms with E-state index in [9.17, 15) is 4.79 Å². The fourth-order valence-electron chi connectivity index (χ4n) is 1.27. The molecule has 0 bridgehead atoms. The second-order valence-electron chi connectivity index (χ2n) is 3.14. The highest BCUT2D eigenvalue weighted by molar-refractivity contribution is 5.95. The Labute approximate surface area is 73.6 Å². The van der Waals surface area contributed by atoms with E-state index in [0.29, 0.717) is 6.42 Å². The van der Waals surface area contributed by atoms with Crippen LogP contribution in [0.1, 0.15) is 39.0 Å². The monoisotopic (exact) mass is 168 g/mol. The van der Waals surface area contributed by atoms with Crippen molar-refractivity contribution in [3.8, 4) is 0 Å². The Morgan fingerprint density at radius 1 is 1.67 bits per heavy atom. The van der Waals surface area contributed by atoms with Gasteiger partial charge >= 0.3 is 0 Å². The molecule has 0 aromatic rings. The lowest BCUT2D eigenvalue weighted by Gasteiger charge is -2.11. The molecule has 68 valence electrons. The van der Waals surface area contributed by atoms with Crippen LogP contribution in [0.25, 0.3) is 0 Å². The van der Waals surface area contributed by atoms with Crippen LogP contribution in [0.4, 0.5) is 0 Å². The van der Waals surface area contributed by atoms with Crippen LogP contribution < -0.4 is 0 Å². The molecular formula is C10H16O2. The Kier molecular flexibility index (Phi) is 3.85. The molecule has 0 amide bonds. The van der Waals surface area contributed by atoms with Crippen molar-refractivity contribution in [1.82, 2.24) is 0 Å². The fourth-order valence-corrected chi connectivity index (χ4v) is 1.27. The third kappa shape index (κ3) is 2.68. The Morgan fingerprint density at radius 3 is 3.08 bits per heavy atom. The number of ether oxygens (including phenoxy) is 1. The summed E-state index contributed by atoms with van der Waals surface area (Å²) in [6.45, 7) is 2.86. The van der Waals surface area contributed by atoms with Crippen LogP contribution in [-0.4, -0.2) is 12.4 Å². The van der Waals surface area contributed by atoms with Gasteiger partial charge in [0.15, 0.2) is 5.78 Å². The first-order valence-corrected chi connectivity index (χ1v) is 4.68. The molecule has 0 radical (unpaired) electrons. The lowest BCUT2D eigenvalue weighted by molar-refractivity contribution is -0.116. The van der Waals surface area contributed by atoms with Crippen molar-refractivity contribution in [3.63, 3.8) is 0 Å². The summed E-state index contributed by atoms with van der Waals surface area (Å²) < 4.78 is 5.10. The van der Waals surface area contributed by atoms with E-state index >= 15 is 0 Å². The lowest BCUT2D eigenvalue weighted by Crippen LogP contribution is -2.08. The Bertz CT molecular complexity index is 182. The number of carbonyl (C=O) groups is 1. The zero-order chi connectivity index (χ0) is 8.81. The van der Waals surface area contributed by atoms with E-state index in [1.165, 1.54) is 0 Å². The summed E-state index contributed by atoms with van der Waals surface area (Å²) in [5.74, 6) is 0.275. The van der Waals surface area contributed by atoms with Gasteiger partial charge in [0.25, 0.3) is 0 Å². The fraction of sp³-hybridized carbons (Fsp3) is 0.700. The maximum atomic E-state index is 11.4. The second kappa shape index (κ2) is 4.96. The van der Waals surface area contributed by atoms with Crippen molar-refractivity contribution in [1.29, 1.82) is 0 Å². The van der Waals surface area contributed by atoms with E-state index in [0.717, 1.165) is 37.9 Å². The molecule has 12 heavy (non-hydrogen) atoms. The first kappa shape index (κ1) is 9.30. The van der Waals surface area contributed by atoms with E-state index in [1.807, 2.05) is 0 Å². The summed E-state index contributed by atoms with van der Waals surface area (Å²) in [6.07, 6.45) is 6.30. The smallest absolute Gasteiger partial charge is 0.161 e. The van der Waals surface area contributed by atoms with E-state index in [4.69, 9.17) is 4.74 Å². The molecule has 1 aliphatic rings. The zero-order valence-corrected chi connectivity index (χ0v) is 7.64. The first-order chi connectivity index (χ1) is 5.84. The molecular weight excluding hydrogens is 152 g/mol. The summed E-state index contributed by atoms with van der Waals surface area (Å²) in [6, 6.07) is 0. The van der Waals surface area contributed by atoms with Gasteiger partial charge in [-0.2, -0.15) is 0 Å². The number of hydrogen-bond donors (Lipinski definition) is 0. The highest BCUT2D eigenvalue weighted by Gasteiger charge is 2.11. The normalized spacial score (nSPS) is 16.6. The summed E-state index contributed by atoms with van der Waals surface area (Å²) in [7, 11) is 0. The molecule has 1 heterocycles. The molecule has 0 aliphatic carbocycles. The number of carbonyl (C=O) groups excluding carboxylic acids is 1. The summed E-state index contributed by atoms with van der Waals surface area (Å²) >= 11 is 0. The van der Waals surface area contributed by atoms with Crippen molar-refractivity contribution >= 4 is 5.78 Å². The minimum atomic E-state index is 0.275. The molecule has 1 rings (SSSR count). The molecule has 0 fully saturated rings. The van der Waals surface area contributed by atoms with Crippen molar-refractivity contribution in [3.05, 3.63) is 11.8 Å². The van der Waals surface area contributed by atoms with Gasteiger partial charge in [-0.05, 0) is 19.3 Å². The van der Waals surface area contributed by atoms with E-state index in [-0.39, 0.29) is 5.78 Å². The van der Waals surface area contributed by atoms with Gasteiger partial charge < -0.3 is 4.74 Å². The highest BCUT2D eigenvalue weighted by atomic mass is 16.5. The summed E-state index contributed by atoms with van der Waals surface area (Å²) in [5, 5.41) is 0. The van der Waals surface area contributed by atoms with Crippen LogP contribution in [0.5, 0.6) is 0 Å². The van der Waals surface area contributed by atoms with E-state index < -0.39 is 0 Å².